The van der Waals surface area contributed by atoms with Gasteiger partial charge in [0, 0.05) is 29.9 Å². The van der Waals surface area contributed by atoms with Gasteiger partial charge >= 0.3 is 24.3 Å². The van der Waals surface area contributed by atoms with Crippen molar-refractivity contribution in [2.45, 2.75) is 89.1 Å². The molecular weight excluding hydrogens is 718 g/mol. The Morgan fingerprint density at radius 1 is 1.07 bits per heavy atom. The van der Waals surface area contributed by atoms with Crippen LogP contribution in [0.15, 0.2) is 47.6 Å². The number of amides is 3. The Balaban J connectivity index is 1.32. The maximum Gasteiger partial charge on any atom is 0.517 e. The number of ether oxygens (including phenoxy) is 5. The summed E-state index contributed by atoms with van der Waals surface area (Å²) in [5.74, 6) is -2.13. The Labute approximate surface area is 316 Å². The number of oxazole rings is 1. The molecule has 3 N–H and O–H groups in total. The second-order valence-corrected chi connectivity index (χ2v) is 15.0. The number of hydrogen-bond acceptors (Lipinski definition) is 13. The summed E-state index contributed by atoms with van der Waals surface area (Å²) in [5.41, 5.74) is -1.47. The minimum atomic E-state index is -1.55. The number of rotatable bonds is 12. The number of methoxy groups -OCH3 is 2. The SMILES string of the molecule is C=CC1CC1(NC(=O)C1CC(Oc2cc(-c3coc(OC(=O)OC)n3)nc3cc(OC)ccc23)CN1C(=O)C(NC(=O)OC1CCCC1)C(C)(C)C)C(=O)O. The minimum absolute atomic E-state index is 0.0220. The van der Waals surface area contributed by atoms with Crippen molar-refractivity contribution in [1.29, 1.82) is 0 Å². The first-order valence-corrected chi connectivity index (χ1v) is 18.0. The summed E-state index contributed by atoms with van der Waals surface area (Å²) in [6.45, 7) is 8.96. The molecule has 3 aliphatic rings. The topological polar surface area (TPSA) is 218 Å². The minimum Gasteiger partial charge on any atom is -0.497 e. The number of carboxylic acids is 1. The Morgan fingerprint density at radius 2 is 1.82 bits per heavy atom. The number of carboxylic acid groups (broad SMARTS) is 1. The first kappa shape index (κ1) is 38.8. The zero-order valence-corrected chi connectivity index (χ0v) is 31.3. The number of nitrogens with zero attached hydrogens (tertiary/aromatic N) is 3. The molecule has 294 valence electrons. The number of benzene rings is 1. The average molecular weight is 764 g/mol. The number of aliphatic carboxylic acids is 1. The number of fused-ring (bicyclic) bond motifs is 1. The van der Waals surface area contributed by atoms with Crippen LogP contribution >= 0.6 is 0 Å². The Morgan fingerprint density at radius 3 is 2.45 bits per heavy atom. The predicted octanol–water partition coefficient (Wildman–Crippen LogP) is 4.62. The van der Waals surface area contributed by atoms with E-state index in [1.165, 1.54) is 24.3 Å². The molecule has 5 unspecified atom stereocenters. The summed E-state index contributed by atoms with van der Waals surface area (Å²) in [6, 6.07) is 4.45. The lowest BCUT2D eigenvalue weighted by Crippen LogP contribution is -2.59. The molecule has 3 aromatic rings. The number of likely N-dealkylation sites (tertiary alicyclic amines) is 1. The molecule has 17 heteroatoms. The third-order valence-corrected chi connectivity index (χ3v) is 10.2. The van der Waals surface area contributed by atoms with E-state index in [0.717, 1.165) is 32.8 Å². The molecule has 0 bridgehead atoms. The average Bonchev–Trinajstić information content (AvgIpc) is 3.56. The monoisotopic (exact) mass is 763 g/mol. The van der Waals surface area contributed by atoms with Gasteiger partial charge in [0.1, 0.15) is 53.3 Å². The molecule has 1 saturated heterocycles. The quantitative estimate of drug-likeness (QED) is 0.169. The molecule has 0 spiro atoms. The molecule has 1 aromatic carbocycles. The molecule has 55 heavy (non-hydrogen) atoms. The Bertz CT molecular complexity index is 1990. The van der Waals surface area contributed by atoms with Gasteiger partial charge in [0.05, 0.1) is 32.0 Å². The van der Waals surface area contributed by atoms with Gasteiger partial charge in [0.2, 0.25) is 11.8 Å². The van der Waals surface area contributed by atoms with Gasteiger partial charge in [-0.15, -0.1) is 6.58 Å². The van der Waals surface area contributed by atoms with Crippen LogP contribution in [0.25, 0.3) is 22.3 Å². The van der Waals surface area contributed by atoms with Crippen molar-refractivity contribution in [3.8, 4) is 29.0 Å². The van der Waals surface area contributed by atoms with E-state index in [2.05, 4.69) is 31.9 Å². The highest BCUT2D eigenvalue weighted by Crippen LogP contribution is 2.45. The Hall–Kier alpha value is -5.87. The number of aromatic nitrogens is 2. The van der Waals surface area contributed by atoms with E-state index < -0.39 is 65.1 Å². The lowest BCUT2D eigenvalue weighted by Gasteiger charge is -2.35. The van der Waals surface area contributed by atoms with Crippen LogP contribution in [0.4, 0.5) is 9.59 Å². The molecule has 0 radical (unpaired) electrons. The van der Waals surface area contributed by atoms with E-state index in [0.29, 0.717) is 22.4 Å². The third kappa shape index (κ3) is 8.29. The first-order chi connectivity index (χ1) is 26.1. The zero-order chi connectivity index (χ0) is 39.7. The summed E-state index contributed by atoms with van der Waals surface area (Å²) in [5, 5.41) is 16.0. The number of pyridine rings is 1. The second-order valence-electron chi connectivity index (χ2n) is 15.0. The van der Waals surface area contributed by atoms with Crippen molar-refractivity contribution in [2.24, 2.45) is 11.3 Å². The highest BCUT2D eigenvalue weighted by atomic mass is 16.8. The lowest BCUT2D eigenvalue weighted by molar-refractivity contribution is -0.146. The van der Waals surface area contributed by atoms with Crippen molar-refractivity contribution < 1.29 is 57.2 Å². The van der Waals surface area contributed by atoms with Gasteiger partial charge in [0.25, 0.3) is 0 Å². The third-order valence-electron chi connectivity index (χ3n) is 10.2. The van der Waals surface area contributed by atoms with Crippen LogP contribution in [-0.2, 0) is 23.9 Å². The van der Waals surface area contributed by atoms with E-state index in [-0.39, 0.29) is 43.0 Å². The standard InChI is InChI=1S/C38H45N5O12/c1-7-20-17-38(20,33(46)47)42-31(44)28-15-23(18-43(28)32(45)30(37(2,3)4)41-34(48)54-21-10-8-9-11-21)53-29-16-26(27-19-52-35(40-27)55-36(49)51-6)39-25-14-22(50-5)12-13-24(25)29/h7,12-14,16,19-21,23,28,30H,1,8-11,15,17-18H2,2-6H3,(H,41,48)(H,42,44)(H,46,47). The van der Waals surface area contributed by atoms with Gasteiger partial charge in [-0.2, -0.15) is 4.98 Å². The van der Waals surface area contributed by atoms with Crippen molar-refractivity contribution >= 4 is 40.9 Å². The number of carbonyl (C=O) groups is 5. The predicted molar refractivity (Wildman–Crippen MR) is 193 cm³/mol. The fraction of sp³-hybridized carbons (Fsp3) is 0.500. The summed E-state index contributed by atoms with van der Waals surface area (Å²) in [6.07, 6.45) is 3.04. The van der Waals surface area contributed by atoms with E-state index in [1.54, 1.807) is 45.0 Å². The smallest absolute Gasteiger partial charge is 0.497 e. The summed E-state index contributed by atoms with van der Waals surface area (Å²) < 4.78 is 32.3. The zero-order valence-electron chi connectivity index (χ0n) is 31.3. The maximum absolute atomic E-state index is 14.5. The van der Waals surface area contributed by atoms with Crippen LogP contribution in [0.2, 0.25) is 0 Å². The van der Waals surface area contributed by atoms with Gasteiger partial charge in [-0.3, -0.25) is 9.59 Å². The highest BCUT2D eigenvalue weighted by Gasteiger charge is 2.61. The van der Waals surface area contributed by atoms with E-state index in [1.807, 2.05) is 0 Å². The molecule has 2 saturated carbocycles. The Kier molecular flexibility index (Phi) is 10.9. The number of alkyl carbamates (subject to hydrolysis) is 1. The fourth-order valence-electron chi connectivity index (χ4n) is 7.06. The van der Waals surface area contributed by atoms with Gasteiger partial charge in [-0.25, -0.2) is 19.4 Å². The number of carbonyl (C=O) groups excluding carboxylic acids is 4. The second kappa shape index (κ2) is 15.5. The molecule has 5 atom stereocenters. The first-order valence-electron chi connectivity index (χ1n) is 18.0. The summed E-state index contributed by atoms with van der Waals surface area (Å²) in [4.78, 5) is 75.8. The highest BCUT2D eigenvalue weighted by molar-refractivity contribution is 5.96. The van der Waals surface area contributed by atoms with Crippen molar-refractivity contribution in [3.05, 3.63) is 43.2 Å². The van der Waals surface area contributed by atoms with E-state index in [9.17, 15) is 29.1 Å². The van der Waals surface area contributed by atoms with E-state index >= 15 is 0 Å². The number of nitrogens with one attached hydrogen (secondary N) is 2. The van der Waals surface area contributed by atoms with Crippen LogP contribution in [0.3, 0.4) is 0 Å². The largest absolute Gasteiger partial charge is 0.517 e. The van der Waals surface area contributed by atoms with Crippen LogP contribution in [-0.4, -0.2) is 101 Å². The van der Waals surface area contributed by atoms with Crippen LogP contribution in [0.5, 0.6) is 17.6 Å². The maximum atomic E-state index is 14.5. The number of hydrogen-bond donors (Lipinski definition) is 3. The van der Waals surface area contributed by atoms with Gasteiger partial charge in [-0.1, -0.05) is 26.8 Å². The van der Waals surface area contributed by atoms with Gasteiger partial charge in [0.15, 0.2) is 0 Å². The molecule has 2 aliphatic carbocycles. The van der Waals surface area contributed by atoms with Gasteiger partial charge in [-0.05, 0) is 49.7 Å². The van der Waals surface area contributed by atoms with Crippen molar-refractivity contribution in [1.82, 2.24) is 25.5 Å². The summed E-state index contributed by atoms with van der Waals surface area (Å²) in [7, 11) is 2.65. The van der Waals surface area contributed by atoms with Crippen molar-refractivity contribution in [2.75, 3.05) is 20.8 Å². The molecule has 3 amide bonds. The summed E-state index contributed by atoms with van der Waals surface area (Å²) >= 11 is 0. The van der Waals surface area contributed by atoms with Crippen molar-refractivity contribution in [3.63, 3.8) is 0 Å². The van der Waals surface area contributed by atoms with Crippen LogP contribution in [0.1, 0.15) is 59.3 Å². The van der Waals surface area contributed by atoms with E-state index in [4.69, 9.17) is 23.4 Å². The molecule has 17 nitrogen and oxygen atoms in total. The molecule has 2 aromatic heterocycles. The molecule has 6 rings (SSSR count). The fourth-order valence-corrected chi connectivity index (χ4v) is 7.06. The lowest BCUT2D eigenvalue weighted by atomic mass is 9.85. The normalized spacial score (nSPS) is 22.7. The van der Waals surface area contributed by atoms with Crippen LogP contribution in [0, 0.1) is 11.3 Å². The molecular formula is C38H45N5O12. The molecule has 1 aliphatic heterocycles. The van der Waals surface area contributed by atoms with Crippen LogP contribution < -0.4 is 24.8 Å². The van der Waals surface area contributed by atoms with Gasteiger partial charge < -0.3 is 48.7 Å². The molecule has 3 heterocycles. The molecule has 3 fully saturated rings.